The van der Waals surface area contributed by atoms with E-state index in [1.54, 1.807) is 0 Å². The summed E-state index contributed by atoms with van der Waals surface area (Å²) in [5.74, 6) is 0.477. The van der Waals surface area contributed by atoms with Gasteiger partial charge in [0.15, 0.2) is 0 Å². The zero-order valence-corrected chi connectivity index (χ0v) is 13.6. The van der Waals surface area contributed by atoms with E-state index >= 15 is 0 Å². The summed E-state index contributed by atoms with van der Waals surface area (Å²) in [7, 11) is 0. The molecule has 0 amide bonds. The molecule has 2 rings (SSSR count). The van der Waals surface area contributed by atoms with Crippen molar-refractivity contribution in [2.45, 2.75) is 38.6 Å². The summed E-state index contributed by atoms with van der Waals surface area (Å²) in [6, 6.07) is 6.55. The van der Waals surface area contributed by atoms with Crippen molar-refractivity contribution in [2.75, 3.05) is 13.1 Å². The van der Waals surface area contributed by atoms with Gasteiger partial charge in [-0.1, -0.05) is 47.7 Å². The van der Waals surface area contributed by atoms with Crippen molar-refractivity contribution < 1.29 is 5.11 Å². The highest BCUT2D eigenvalue weighted by atomic mass is 127. The molecule has 0 aliphatic heterocycles. The highest BCUT2D eigenvalue weighted by Gasteiger charge is 2.24. The lowest BCUT2D eigenvalue weighted by Crippen LogP contribution is -2.40. The lowest BCUT2D eigenvalue weighted by Gasteiger charge is -2.34. The van der Waals surface area contributed by atoms with E-state index < -0.39 is 0 Å². The van der Waals surface area contributed by atoms with E-state index in [2.05, 4.69) is 50.6 Å². The number of benzene rings is 1. The number of rotatable bonds is 5. The maximum absolute atomic E-state index is 9.90. The Balaban J connectivity index is 2.10. The van der Waals surface area contributed by atoms with Crippen LogP contribution in [0.2, 0.25) is 0 Å². The molecule has 104 valence electrons. The van der Waals surface area contributed by atoms with Gasteiger partial charge in [-0.05, 0) is 53.5 Å². The Morgan fingerprint density at radius 2 is 2.32 bits per heavy atom. The summed E-state index contributed by atoms with van der Waals surface area (Å²) >= 11 is 2.28. The molecule has 0 saturated heterocycles. The smallest absolute Gasteiger partial charge is 0.119 e. The van der Waals surface area contributed by atoms with E-state index in [1.165, 1.54) is 17.5 Å². The van der Waals surface area contributed by atoms with Crippen LogP contribution in [0.3, 0.4) is 0 Å². The van der Waals surface area contributed by atoms with E-state index in [1.807, 2.05) is 12.1 Å². The second kappa shape index (κ2) is 7.29. The summed E-state index contributed by atoms with van der Waals surface area (Å²) in [4.78, 5) is 2.57. The van der Waals surface area contributed by atoms with Crippen molar-refractivity contribution in [3.05, 3.63) is 39.5 Å². The van der Waals surface area contributed by atoms with Crippen molar-refractivity contribution in [2.24, 2.45) is 0 Å². The highest BCUT2D eigenvalue weighted by molar-refractivity contribution is 14.1. The molecule has 3 heteroatoms. The van der Waals surface area contributed by atoms with Gasteiger partial charge < -0.3 is 5.11 Å². The maximum atomic E-state index is 9.90. The lowest BCUT2D eigenvalue weighted by molar-refractivity contribution is 0.198. The minimum atomic E-state index is 0.477. The molecule has 0 radical (unpaired) electrons. The number of phenolic OH excluding ortho intramolecular Hbond substituents is 1. The molecule has 0 spiro atoms. The Bertz CT molecular complexity index is 444. The molecule has 1 aliphatic carbocycles. The summed E-state index contributed by atoms with van der Waals surface area (Å²) in [6.07, 6.45) is 6.64. The van der Waals surface area contributed by atoms with Crippen LogP contribution in [0.1, 0.15) is 30.9 Å². The third kappa shape index (κ3) is 3.72. The standard InChI is InChI=1S/C16H22INO/c1-2-10-18(11-4-9-17)14-7-8-15-13(12-14)5-3-6-16(15)19/h3-6,9,14,19H,2,7-8,10-12H2,1H3/b9-4+. The molecule has 1 aliphatic rings. The minimum Gasteiger partial charge on any atom is -0.508 e. The van der Waals surface area contributed by atoms with Crippen molar-refractivity contribution in [1.82, 2.24) is 4.90 Å². The second-order valence-corrected chi connectivity index (χ2v) is 5.89. The van der Waals surface area contributed by atoms with Crippen LogP contribution in [0.4, 0.5) is 0 Å². The van der Waals surface area contributed by atoms with Crippen molar-refractivity contribution >= 4 is 22.6 Å². The Hall–Kier alpha value is -0.550. The van der Waals surface area contributed by atoms with Crippen molar-refractivity contribution in [3.8, 4) is 5.75 Å². The third-order valence-corrected chi connectivity index (χ3v) is 4.40. The van der Waals surface area contributed by atoms with Gasteiger partial charge in [-0.15, -0.1) is 0 Å². The molecule has 1 aromatic carbocycles. The molecule has 0 aromatic heterocycles. The van der Waals surface area contributed by atoms with Crippen molar-refractivity contribution in [1.29, 1.82) is 0 Å². The maximum Gasteiger partial charge on any atom is 0.119 e. The van der Waals surface area contributed by atoms with Gasteiger partial charge in [0, 0.05) is 12.6 Å². The van der Waals surface area contributed by atoms with Crippen LogP contribution in [0, 0.1) is 0 Å². The molecule has 0 fully saturated rings. The second-order valence-electron chi connectivity index (χ2n) is 5.17. The molecule has 0 saturated carbocycles. The SMILES string of the molecule is CCCN(C/C=C/I)C1CCc2c(O)cccc2C1. The summed E-state index contributed by atoms with van der Waals surface area (Å²) in [5, 5.41) is 9.90. The third-order valence-electron chi connectivity index (χ3n) is 3.89. The van der Waals surface area contributed by atoms with Gasteiger partial charge in [-0.2, -0.15) is 0 Å². The number of phenols is 1. The zero-order chi connectivity index (χ0) is 13.7. The summed E-state index contributed by atoms with van der Waals surface area (Å²) < 4.78 is 2.10. The van der Waals surface area contributed by atoms with E-state index in [0.29, 0.717) is 11.8 Å². The molecule has 1 unspecified atom stereocenters. The normalized spacial score (nSPS) is 19.0. The average Bonchev–Trinajstić information content (AvgIpc) is 2.43. The molecular formula is C16H22INO. The van der Waals surface area contributed by atoms with Crippen LogP contribution in [0.5, 0.6) is 5.75 Å². The summed E-state index contributed by atoms with van der Waals surface area (Å²) in [6.45, 7) is 4.43. The topological polar surface area (TPSA) is 23.5 Å². The molecule has 1 N–H and O–H groups in total. The fourth-order valence-corrected chi connectivity index (χ4v) is 3.19. The Morgan fingerprint density at radius 3 is 3.05 bits per heavy atom. The van der Waals surface area contributed by atoms with E-state index in [-0.39, 0.29) is 0 Å². The van der Waals surface area contributed by atoms with Gasteiger partial charge in [0.1, 0.15) is 5.75 Å². The van der Waals surface area contributed by atoms with Crippen LogP contribution in [-0.2, 0) is 12.8 Å². The number of nitrogens with zero attached hydrogens (tertiary/aromatic N) is 1. The molecular weight excluding hydrogens is 349 g/mol. The van der Waals surface area contributed by atoms with Crippen LogP contribution in [0.15, 0.2) is 28.4 Å². The Labute approximate surface area is 129 Å². The minimum absolute atomic E-state index is 0.477. The van der Waals surface area contributed by atoms with Crippen molar-refractivity contribution in [3.63, 3.8) is 0 Å². The first-order valence-corrected chi connectivity index (χ1v) is 8.29. The van der Waals surface area contributed by atoms with Gasteiger partial charge in [-0.25, -0.2) is 0 Å². The van der Waals surface area contributed by atoms with Gasteiger partial charge in [0.2, 0.25) is 0 Å². The fraction of sp³-hybridized carbons (Fsp3) is 0.500. The quantitative estimate of drug-likeness (QED) is 0.794. The molecule has 0 heterocycles. The first kappa shape index (κ1) is 14.9. The van der Waals surface area contributed by atoms with E-state index in [0.717, 1.165) is 32.4 Å². The molecule has 2 nitrogen and oxygen atoms in total. The van der Waals surface area contributed by atoms with E-state index in [4.69, 9.17) is 0 Å². The molecule has 1 aromatic rings. The van der Waals surface area contributed by atoms with Crippen LogP contribution >= 0.6 is 22.6 Å². The predicted molar refractivity (Wildman–Crippen MR) is 88.9 cm³/mol. The predicted octanol–water partition coefficient (Wildman–Crippen LogP) is 3.91. The van der Waals surface area contributed by atoms with Gasteiger partial charge in [-0.3, -0.25) is 4.90 Å². The first-order chi connectivity index (χ1) is 9.26. The first-order valence-electron chi connectivity index (χ1n) is 7.05. The fourth-order valence-electron chi connectivity index (χ4n) is 2.96. The lowest BCUT2D eigenvalue weighted by atomic mass is 9.87. The van der Waals surface area contributed by atoms with Gasteiger partial charge >= 0.3 is 0 Å². The van der Waals surface area contributed by atoms with Crippen LogP contribution < -0.4 is 0 Å². The Kier molecular flexibility index (Phi) is 5.70. The van der Waals surface area contributed by atoms with Gasteiger partial charge in [0.25, 0.3) is 0 Å². The molecule has 0 bridgehead atoms. The highest BCUT2D eigenvalue weighted by Crippen LogP contribution is 2.30. The van der Waals surface area contributed by atoms with Crippen LogP contribution in [-0.4, -0.2) is 29.1 Å². The monoisotopic (exact) mass is 371 g/mol. The largest absolute Gasteiger partial charge is 0.508 e. The van der Waals surface area contributed by atoms with Crippen LogP contribution in [0.25, 0.3) is 0 Å². The van der Waals surface area contributed by atoms with E-state index in [9.17, 15) is 5.11 Å². The zero-order valence-electron chi connectivity index (χ0n) is 11.5. The Morgan fingerprint density at radius 1 is 1.47 bits per heavy atom. The number of aromatic hydroxyl groups is 1. The number of hydrogen-bond donors (Lipinski definition) is 1. The number of hydrogen-bond acceptors (Lipinski definition) is 2. The average molecular weight is 371 g/mol. The number of fused-ring (bicyclic) bond motifs is 1. The summed E-state index contributed by atoms with van der Waals surface area (Å²) in [5.41, 5.74) is 2.50. The number of halogens is 1. The van der Waals surface area contributed by atoms with Gasteiger partial charge in [0.05, 0.1) is 0 Å². The molecule has 19 heavy (non-hydrogen) atoms. The molecule has 1 atom stereocenters.